The van der Waals surface area contributed by atoms with E-state index in [0.717, 1.165) is 94.1 Å². The lowest BCUT2D eigenvalue weighted by atomic mass is 10.0. The summed E-state index contributed by atoms with van der Waals surface area (Å²) in [6.07, 6.45) is 1.79. The highest BCUT2D eigenvalue weighted by atomic mass is 16.3. The molecule has 0 N–H and O–H groups in total. The van der Waals surface area contributed by atoms with Crippen LogP contribution in [0.1, 0.15) is 0 Å². The molecule has 0 amide bonds. The van der Waals surface area contributed by atoms with E-state index in [1.54, 1.807) is 6.20 Å². The minimum Gasteiger partial charge on any atom is -0.456 e. The molecular weight excluding hydrogens is 603 g/mol. The van der Waals surface area contributed by atoms with Gasteiger partial charge >= 0.3 is 0 Å². The second-order valence-corrected chi connectivity index (χ2v) is 12.1. The molecule has 0 saturated heterocycles. The Morgan fingerprint density at radius 3 is 2.00 bits per heavy atom. The van der Waals surface area contributed by atoms with Crippen molar-refractivity contribution in [2.75, 3.05) is 0 Å². The summed E-state index contributed by atoms with van der Waals surface area (Å²) in [5, 5.41) is 5.11. The second-order valence-electron chi connectivity index (χ2n) is 12.1. The summed E-state index contributed by atoms with van der Waals surface area (Å²) < 4.78 is 6.20. The molecule has 0 radical (unpaired) electrons. The summed E-state index contributed by atoms with van der Waals surface area (Å²) in [6.45, 7) is 0. The summed E-state index contributed by atoms with van der Waals surface area (Å²) in [4.78, 5) is 25.1. The fourth-order valence-electron chi connectivity index (χ4n) is 6.79. The molecule has 0 spiro atoms. The number of aromatic nitrogens is 5. The van der Waals surface area contributed by atoms with Gasteiger partial charge < -0.3 is 4.42 Å². The van der Waals surface area contributed by atoms with Gasteiger partial charge in [-0.15, -0.1) is 0 Å². The third kappa shape index (κ3) is 4.53. The van der Waals surface area contributed by atoms with E-state index < -0.39 is 0 Å². The quantitative estimate of drug-likeness (QED) is 0.181. The van der Waals surface area contributed by atoms with Gasteiger partial charge in [0.05, 0.1) is 39.3 Å². The zero-order valence-corrected chi connectivity index (χ0v) is 26.1. The van der Waals surface area contributed by atoms with Crippen LogP contribution in [0.25, 0.3) is 99.9 Å². The van der Waals surface area contributed by atoms with Gasteiger partial charge in [-0.25, -0.2) is 19.9 Å². The van der Waals surface area contributed by atoms with Crippen molar-refractivity contribution in [1.82, 2.24) is 24.9 Å². The van der Waals surface area contributed by atoms with E-state index in [4.69, 9.17) is 24.4 Å². The number of para-hydroxylation sites is 2. The highest BCUT2D eigenvalue weighted by Crippen LogP contribution is 2.38. The molecule has 0 fully saturated rings. The second kappa shape index (κ2) is 10.9. The Morgan fingerprint density at radius 1 is 0.449 bits per heavy atom. The lowest BCUT2D eigenvalue weighted by Crippen LogP contribution is -1.96. The van der Waals surface area contributed by atoms with Crippen molar-refractivity contribution >= 4 is 54.6 Å². The maximum atomic E-state index is 6.20. The molecule has 0 aliphatic carbocycles. The molecule has 5 aromatic heterocycles. The van der Waals surface area contributed by atoms with E-state index in [1.165, 1.54) is 0 Å². The lowest BCUT2D eigenvalue weighted by Gasteiger charge is -2.12. The van der Waals surface area contributed by atoms with Crippen molar-refractivity contribution < 1.29 is 4.42 Å². The SMILES string of the molecule is c1ccc(-c2ccc3ccc4ccc(-c5cccc(-c6nc(-c7cccc8oc9ccccc9c78)nc7ccccc67)c5)nc4c3n2)nc1. The zero-order valence-electron chi connectivity index (χ0n) is 26.1. The largest absolute Gasteiger partial charge is 0.456 e. The van der Waals surface area contributed by atoms with Crippen LogP contribution in [0.15, 0.2) is 156 Å². The molecule has 0 aliphatic rings. The Hall–Kier alpha value is -6.79. The summed E-state index contributed by atoms with van der Waals surface area (Å²) in [5.41, 5.74) is 10.5. The Balaban J connectivity index is 1.13. The number of nitrogens with zero attached hydrogens (tertiary/aromatic N) is 5. The highest BCUT2D eigenvalue weighted by molar-refractivity contribution is 6.12. The topological polar surface area (TPSA) is 77.6 Å². The van der Waals surface area contributed by atoms with Crippen LogP contribution in [0, 0.1) is 0 Å². The van der Waals surface area contributed by atoms with Crippen molar-refractivity contribution in [3.63, 3.8) is 0 Å². The standard InChI is InChI=1S/C43H25N5O/c1-3-14-34-30(11-1)40(48-43(47-34)32-13-8-17-38-39(32)31-12-2-4-16-37(31)49-38)29-10-7-9-28(25-29)33-22-20-26-18-19-27-21-23-36(35-15-5-6-24-44-35)46-42(27)41(26)45-33/h1-25H. The van der Waals surface area contributed by atoms with E-state index >= 15 is 0 Å². The van der Waals surface area contributed by atoms with E-state index in [1.807, 2.05) is 72.8 Å². The molecule has 0 unspecified atom stereocenters. The van der Waals surface area contributed by atoms with Crippen LogP contribution in [0.3, 0.4) is 0 Å². The van der Waals surface area contributed by atoms with Crippen LogP contribution in [0.5, 0.6) is 0 Å². The van der Waals surface area contributed by atoms with Crippen molar-refractivity contribution in [3.8, 4) is 45.3 Å². The lowest BCUT2D eigenvalue weighted by molar-refractivity contribution is 0.669. The minimum absolute atomic E-state index is 0.654. The van der Waals surface area contributed by atoms with E-state index in [0.29, 0.717) is 5.82 Å². The number of hydrogen-bond donors (Lipinski definition) is 0. The van der Waals surface area contributed by atoms with Gasteiger partial charge in [0.15, 0.2) is 5.82 Å². The van der Waals surface area contributed by atoms with Gasteiger partial charge in [0, 0.05) is 49.8 Å². The molecule has 10 aromatic rings. The van der Waals surface area contributed by atoms with Gasteiger partial charge in [0.25, 0.3) is 0 Å². The summed E-state index contributed by atoms with van der Waals surface area (Å²) in [7, 11) is 0. The van der Waals surface area contributed by atoms with Gasteiger partial charge in [-0.3, -0.25) is 4.98 Å². The Kier molecular flexibility index (Phi) is 6.08. The Bertz CT molecular complexity index is 2900. The van der Waals surface area contributed by atoms with Crippen molar-refractivity contribution in [1.29, 1.82) is 0 Å². The number of furan rings is 1. The molecule has 6 nitrogen and oxygen atoms in total. The number of fused-ring (bicyclic) bond motifs is 7. The first-order valence-electron chi connectivity index (χ1n) is 16.2. The molecule has 0 bridgehead atoms. The smallest absolute Gasteiger partial charge is 0.161 e. The number of rotatable bonds is 4. The molecule has 0 aliphatic heterocycles. The fourth-order valence-corrected chi connectivity index (χ4v) is 6.79. The number of benzene rings is 5. The van der Waals surface area contributed by atoms with E-state index in [-0.39, 0.29) is 0 Å². The molecule has 228 valence electrons. The monoisotopic (exact) mass is 627 g/mol. The van der Waals surface area contributed by atoms with Gasteiger partial charge in [0.1, 0.15) is 11.2 Å². The van der Waals surface area contributed by atoms with Crippen molar-refractivity contribution in [2.24, 2.45) is 0 Å². The van der Waals surface area contributed by atoms with E-state index in [9.17, 15) is 0 Å². The first-order chi connectivity index (χ1) is 24.3. The van der Waals surface area contributed by atoms with Crippen LogP contribution >= 0.6 is 0 Å². The van der Waals surface area contributed by atoms with Crippen molar-refractivity contribution in [2.45, 2.75) is 0 Å². The third-order valence-electron chi connectivity index (χ3n) is 9.13. The zero-order chi connectivity index (χ0) is 32.3. The normalized spacial score (nSPS) is 11.7. The molecule has 5 heterocycles. The van der Waals surface area contributed by atoms with E-state index in [2.05, 4.69) is 77.8 Å². The molecule has 6 heteroatoms. The molecule has 0 saturated carbocycles. The average Bonchev–Trinajstić information content (AvgIpc) is 3.56. The third-order valence-corrected chi connectivity index (χ3v) is 9.13. The van der Waals surface area contributed by atoms with Gasteiger partial charge in [-0.2, -0.15) is 0 Å². The number of pyridine rings is 3. The van der Waals surface area contributed by atoms with Crippen LogP contribution in [0.4, 0.5) is 0 Å². The maximum absolute atomic E-state index is 6.20. The molecule has 5 aromatic carbocycles. The van der Waals surface area contributed by atoms with Crippen molar-refractivity contribution in [3.05, 3.63) is 152 Å². The van der Waals surface area contributed by atoms with Crippen LogP contribution in [-0.2, 0) is 0 Å². The van der Waals surface area contributed by atoms with Crippen LogP contribution in [-0.4, -0.2) is 24.9 Å². The highest BCUT2D eigenvalue weighted by Gasteiger charge is 2.18. The average molecular weight is 628 g/mol. The summed E-state index contributed by atoms with van der Waals surface area (Å²) >= 11 is 0. The molecule has 49 heavy (non-hydrogen) atoms. The molecular formula is C43H25N5O. The fraction of sp³-hybridized carbons (Fsp3) is 0. The maximum Gasteiger partial charge on any atom is 0.161 e. The molecule has 0 atom stereocenters. The van der Waals surface area contributed by atoms with Gasteiger partial charge in [-0.05, 0) is 48.5 Å². The first-order valence-corrected chi connectivity index (χ1v) is 16.2. The number of hydrogen-bond acceptors (Lipinski definition) is 6. The summed E-state index contributed by atoms with van der Waals surface area (Å²) in [5.74, 6) is 0.654. The first kappa shape index (κ1) is 27.3. The van der Waals surface area contributed by atoms with Gasteiger partial charge in [-0.1, -0.05) is 97.1 Å². The molecule has 10 rings (SSSR count). The minimum atomic E-state index is 0.654. The predicted molar refractivity (Wildman–Crippen MR) is 197 cm³/mol. The predicted octanol–water partition coefficient (Wildman–Crippen LogP) is 10.7. The Labute approximate surface area is 280 Å². The summed E-state index contributed by atoms with van der Waals surface area (Å²) in [6, 6.07) is 49.2. The Morgan fingerprint density at radius 2 is 1.14 bits per heavy atom. The van der Waals surface area contributed by atoms with Crippen LogP contribution < -0.4 is 0 Å². The van der Waals surface area contributed by atoms with Crippen LogP contribution in [0.2, 0.25) is 0 Å². The van der Waals surface area contributed by atoms with Gasteiger partial charge in [0.2, 0.25) is 0 Å².